The lowest BCUT2D eigenvalue weighted by atomic mass is 10.1. The zero-order valence-electron chi connectivity index (χ0n) is 8.99. The first-order valence-corrected chi connectivity index (χ1v) is 6.11. The number of nitrogens with zero attached hydrogens (tertiary/aromatic N) is 1. The van der Waals surface area contributed by atoms with Crippen LogP contribution in [-0.2, 0) is 11.2 Å². The summed E-state index contributed by atoms with van der Waals surface area (Å²) in [7, 11) is 0. The van der Waals surface area contributed by atoms with Gasteiger partial charge in [0.2, 0.25) is 0 Å². The van der Waals surface area contributed by atoms with Crippen LogP contribution in [0.3, 0.4) is 0 Å². The summed E-state index contributed by atoms with van der Waals surface area (Å²) in [6.07, 6.45) is 2.17. The predicted molar refractivity (Wildman–Crippen MR) is 59.5 cm³/mol. The molecule has 2 rings (SSSR count). The Morgan fingerprint density at radius 3 is 3.00 bits per heavy atom. The molecule has 1 atom stereocenters. The van der Waals surface area contributed by atoms with E-state index in [9.17, 15) is 4.79 Å². The number of carboxylic acid groups (broad SMARTS) is 1. The topological polar surface area (TPSA) is 50.2 Å². The van der Waals surface area contributed by atoms with E-state index in [-0.39, 0.29) is 12.3 Å². The first kappa shape index (κ1) is 10.6. The maximum atomic E-state index is 10.7. The lowest BCUT2D eigenvalue weighted by molar-refractivity contribution is -0.137. The number of thiazole rings is 1. The van der Waals surface area contributed by atoms with Crippen molar-refractivity contribution in [1.82, 2.24) is 4.98 Å². The molecule has 1 aliphatic rings. The van der Waals surface area contributed by atoms with Crippen LogP contribution >= 0.6 is 11.3 Å². The highest BCUT2D eigenvalue weighted by Gasteiger charge is 2.28. The van der Waals surface area contributed by atoms with Crippen LogP contribution in [-0.4, -0.2) is 16.1 Å². The molecule has 0 aromatic carbocycles. The lowest BCUT2D eigenvalue weighted by Crippen LogP contribution is -2.01. The van der Waals surface area contributed by atoms with Crippen LogP contribution in [0.25, 0.3) is 0 Å². The van der Waals surface area contributed by atoms with Crippen LogP contribution < -0.4 is 0 Å². The first-order valence-electron chi connectivity index (χ1n) is 5.29. The molecule has 0 aliphatic heterocycles. The summed E-state index contributed by atoms with van der Waals surface area (Å²) < 4.78 is 0. The standard InChI is InChI=1S/C11H15NO2S/c1-6(2)11-12-8-4-3-7(5-9(13)14)10(8)15-11/h6-7H,3-5H2,1-2H3,(H,13,14). The SMILES string of the molecule is CC(C)c1nc2c(s1)C(CC(=O)O)CC2. The van der Waals surface area contributed by atoms with Crippen molar-refractivity contribution < 1.29 is 9.90 Å². The fraction of sp³-hybridized carbons (Fsp3) is 0.636. The molecule has 1 aromatic heterocycles. The summed E-state index contributed by atoms with van der Waals surface area (Å²) in [6, 6.07) is 0. The van der Waals surface area contributed by atoms with Crippen molar-refractivity contribution >= 4 is 17.3 Å². The van der Waals surface area contributed by atoms with E-state index in [4.69, 9.17) is 5.11 Å². The molecule has 3 nitrogen and oxygen atoms in total. The summed E-state index contributed by atoms with van der Waals surface area (Å²) in [5.74, 6) is -0.0408. The first-order chi connectivity index (χ1) is 7.08. The quantitative estimate of drug-likeness (QED) is 0.860. The molecular formula is C11H15NO2S. The number of carbonyl (C=O) groups is 1. The molecule has 0 amide bonds. The third kappa shape index (κ3) is 2.04. The molecule has 0 saturated heterocycles. The Kier molecular flexibility index (Phi) is 2.78. The minimum Gasteiger partial charge on any atom is -0.481 e. The Morgan fingerprint density at radius 2 is 2.40 bits per heavy atom. The largest absolute Gasteiger partial charge is 0.481 e. The van der Waals surface area contributed by atoms with Crippen molar-refractivity contribution in [3.05, 3.63) is 15.6 Å². The maximum Gasteiger partial charge on any atom is 0.303 e. The molecule has 0 bridgehead atoms. The number of hydrogen-bond donors (Lipinski definition) is 1. The molecule has 82 valence electrons. The highest BCUT2D eigenvalue weighted by Crippen LogP contribution is 2.40. The van der Waals surface area contributed by atoms with E-state index >= 15 is 0 Å². The fourth-order valence-electron chi connectivity index (χ4n) is 1.98. The molecule has 1 aromatic rings. The number of aliphatic carboxylic acids is 1. The normalized spacial score (nSPS) is 19.5. The fourth-order valence-corrected chi connectivity index (χ4v) is 3.23. The minimum atomic E-state index is -0.702. The third-order valence-electron chi connectivity index (χ3n) is 2.76. The van der Waals surface area contributed by atoms with Crippen molar-refractivity contribution in [3.63, 3.8) is 0 Å². The minimum absolute atomic E-state index is 0.211. The van der Waals surface area contributed by atoms with Crippen LogP contribution in [0.1, 0.15) is 54.1 Å². The van der Waals surface area contributed by atoms with Gasteiger partial charge in [-0.25, -0.2) is 4.98 Å². The second-order valence-electron chi connectivity index (χ2n) is 4.35. The maximum absolute atomic E-state index is 10.7. The number of aryl methyl sites for hydroxylation is 1. The molecule has 1 unspecified atom stereocenters. The van der Waals surface area contributed by atoms with Gasteiger partial charge in [-0.3, -0.25) is 4.79 Å². The van der Waals surface area contributed by atoms with Gasteiger partial charge in [0, 0.05) is 16.7 Å². The molecule has 0 spiro atoms. The molecule has 0 saturated carbocycles. The number of hydrogen-bond acceptors (Lipinski definition) is 3. The van der Waals surface area contributed by atoms with Gasteiger partial charge >= 0.3 is 5.97 Å². The molecule has 0 radical (unpaired) electrons. The third-order valence-corrected chi connectivity index (χ3v) is 4.32. The monoisotopic (exact) mass is 225 g/mol. The van der Waals surface area contributed by atoms with Crippen LogP contribution in [0.15, 0.2) is 0 Å². The molecular weight excluding hydrogens is 210 g/mol. The van der Waals surface area contributed by atoms with Crippen LogP contribution in [0.2, 0.25) is 0 Å². The van der Waals surface area contributed by atoms with Crippen molar-refractivity contribution in [2.75, 3.05) is 0 Å². The van der Waals surface area contributed by atoms with Crippen LogP contribution in [0.5, 0.6) is 0 Å². The summed E-state index contributed by atoms with van der Waals surface area (Å²) in [5, 5.41) is 9.95. The van der Waals surface area contributed by atoms with E-state index in [0.29, 0.717) is 5.92 Å². The predicted octanol–water partition coefficient (Wildman–Crippen LogP) is 2.77. The second-order valence-corrected chi connectivity index (χ2v) is 5.41. The van der Waals surface area contributed by atoms with Crippen molar-refractivity contribution in [2.24, 2.45) is 0 Å². The molecule has 0 fully saturated rings. The van der Waals surface area contributed by atoms with E-state index in [1.165, 1.54) is 4.88 Å². The number of rotatable bonds is 3. The average Bonchev–Trinajstić information content (AvgIpc) is 2.66. The highest BCUT2D eigenvalue weighted by atomic mass is 32.1. The van der Waals surface area contributed by atoms with Gasteiger partial charge in [0.15, 0.2) is 0 Å². The number of fused-ring (bicyclic) bond motifs is 1. The Bertz CT molecular complexity index is 384. The van der Waals surface area contributed by atoms with Crippen LogP contribution in [0.4, 0.5) is 0 Å². The average molecular weight is 225 g/mol. The summed E-state index contributed by atoms with van der Waals surface area (Å²) >= 11 is 1.71. The van der Waals surface area contributed by atoms with Crippen molar-refractivity contribution in [1.29, 1.82) is 0 Å². The zero-order valence-corrected chi connectivity index (χ0v) is 9.80. The van der Waals surface area contributed by atoms with E-state index in [2.05, 4.69) is 18.8 Å². The van der Waals surface area contributed by atoms with Gasteiger partial charge in [0.05, 0.1) is 17.1 Å². The lowest BCUT2D eigenvalue weighted by Gasteiger charge is -2.05. The molecule has 15 heavy (non-hydrogen) atoms. The number of aromatic nitrogens is 1. The summed E-state index contributed by atoms with van der Waals surface area (Å²) in [6.45, 7) is 4.25. The number of carboxylic acids is 1. The molecule has 4 heteroatoms. The van der Waals surface area contributed by atoms with Crippen molar-refractivity contribution in [2.45, 2.75) is 44.9 Å². The Labute approximate surface area is 93.2 Å². The Balaban J connectivity index is 2.22. The summed E-state index contributed by atoms with van der Waals surface area (Å²) in [4.78, 5) is 16.5. The van der Waals surface area contributed by atoms with E-state index in [1.54, 1.807) is 11.3 Å². The highest BCUT2D eigenvalue weighted by molar-refractivity contribution is 7.12. The Morgan fingerprint density at radius 1 is 1.67 bits per heavy atom. The van der Waals surface area contributed by atoms with Gasteiger partial charge in [0.25, 0.3) is 0 Å². The smallest absolute Gasteiger partial charge is 0.303 e. The van der Waals surface area contributed by atoms with Gasteiger partial charge < -0.3 is 5.11 Å². The van der Waals surface area contributed by atoms with Gasteiger partial charge in [-0.15, -0.1) is 11.3 Å². The van der Waals surface area contributed by atoms with E-state index < -0.39 is 5.97 Å². The second kappa shape index (κ2) is 3.93. The Hall–Kier alpha value is -0.900. The van der Waals surface area contributed by atoms with Gasteiger partial charge in [-0.05, 0) is 12.8 Å². The van der Waals surface area contributed by atoms with Gasteiger partial charge in [-0.1, -0.05) is 13.8 Å². The van der Waals surface area contributed by atoms with E-state index in [0.717, 1.165) is 23.5 Å². The van der Waals surface area contributed by atoms with Crippen LogP contribution in [0, 0.1) is 0 Å². The zero-order chi connectivity index (χ0) is 11.0. The molecule has 1 heterocycles. The van der Waals surface area contributed by atoms with Gasteiger partial charge in [-0.2, -0.15) is 0 Å². The molecule has 1 N–H and O–H groups in total. The van der Waals surface area contributed by atoms with E-state index in [1.807, 2.05) is 0 Å². The molecule has 1 aliphatic carbocycles. The van der Waals surface area contributed by atoms with Gasteiger partial charge in [0.1, 0.15) is 0 Å². The summed E-state index contributed by atoms with van der Waals surface area (Å²) in [5.41, 5.74) is 1.15. The van der Waals surface area contributed by atoms with Crippen molar-refractivity contribution in [3.8, 4) is 0 Å².